The van der Waals surface area contributed by atoms with Crippen molar-refractivity contribution in [3.63, 3.8) is 0 Å². The number of anilines is 1. The number of nitrogens with zero attached hydrogens (tertiary/aromatic N) is 2. The molecule has 0 saturated carbocycles. The Labute approximate surface area is 200 Å². The number of carbonyl (C=O) groups is 1. The van der Waals surface area contributed by atoms with E-state index in [0.717, 1.165) is 51.1 Å². The molecule has 3 heterocycles. The van der Waals surface area contributed by atoms with Gasteiger partial charge >= 0.3 is 0 Å². The Morgan fingerprint density at radius 2 is 1.76 bits per heavy atom. The van der Waals surface area contributed by atoms with Crippen molar-refractivity contribution in [1.82, 2.24) is 9.80 Å². The highest BCUT2D eigenvalue weighted by Gasteiger charge is 2.28. The van der Waals surface area contributed by atoms with Crippen LogP contribution in [0.1, 0.15) is 32.3 Å². The Hall–Kier alpha value is -1.94. The molecule has 7 nitrogen and oxygen atoms in total. The molecule has 1 amide bonds. The first kappa shape index (κ1) is 24.2. The van der Waals surface area contributed by atoms with E-state index in [1.165, 1.54) is 11.3 Å². The van der Waals surface area contributed by atoms with Gasteiger partial charge in [0.05, 0.1) is 18.6 Å². The first-order valence-corrected chi connectivity index (χ1v) is 14.0. The van der Waals surface area contributed by atoms with Gasteiger partial charge in [-0.2, -0.15) is 0 Å². The number of morpholine rings is 1. The summed E-state index contributed by atoms with van der Waals surface area (Å²) >= 11 is 1.18. The van der Waals surface area contributed by atoms with Crippen molar-refractivity contribution in [3.8, 4) is 0 Å². The summed E-state index contributed by atoms with van der Waals surface area (Å²) in [6, 6.07) is 10.3. The van der Waals surface area contributed by atoms with Gasteiger partial charge in [-0.25, -0.2) is 8.42 Å². The molecular weight excluding hydrogens is 458 g/mol. The van der Waals surface area contributed by atoms with E-state index in [1.54, 1.807) is 29.6 Å². The number of sulfonamides is 1. The van der Waals surface area contributed by atoms with Crippen LogP contribution < -0.4 is 4.72 Å². The lowest BCUT2D eigenvalue weighted by Gasteiger charge is -2.39. The fraction of sp³-hybridized carbons (Fsp3) is 0.542. The summed E-state index contributed by atoms with van der Waals surface area (Å²) in [6.07, 6.45) is 2.98. The highest BCUT2D eigenvalue weighted by atomic mass is 32.2. The van der Waals surface area contributed by atoms with Crippen LogP contribution in [0.25, 0.3) is 0 Å². The van der Waals surface area contributed by atoms with Crippen LogP contribution in [-0.2, 0) is 26.0 Å². The summed E-state index contributed by atoms with van der Waals surface area (Å²) in [4.78, 5) is 17.3. The van der Waals surface area contributed by atoms with Crippen LogP contribution in [0.15, 0.2) is 46.0 Å². The first-order chi connectivity index (χ1) is 15.8. The van der Waals surface area contributed by atoms with Crippen molar-refractivity contribution in [2.75, 3.05) is 37.4 Å². The molecule has 2 saturated heterocycles. The van der Waals surface area contributed by atoms with Crippen LogP contribution >= 0.6 is 11.3 Å². The zero-order chi connectivity index (χ0) is 23.4. The lowest BCUT2D eigenvalue weighted by molar-refractivity contribution is -0.132. The van der Waals surface area contributed by atoms with Crippen molar-refractivity contribution in [3.05, 3.63) is 47.3 Å². The van der Waals surface area contributed by atoms with Gasteiger partial charge < -0.3 is 9.64 Å². The van der Waals surface area contributed by atoms with Gasteiger partial charge in [-0.05, 0) is 61.7 Å². The van der Waals surface area contributed by atoms with Gasteiger partial charge in [-0.3, -0.25) is 14.4 Å². The highest BCUT2D eigenvalue weighted by molar-refractivity contribution is 7.94. The number of nitrogens with one attached hydrogen (secondary N) is 1. The molecular formula is C24H33N3O4S2. The summed E-state index contributed by atoms with van der Waals surface area (Å²) in [5, 5.41) is 1.73. The maximum atomic E-state index is 12.8. The molecule has 0 spiro atoms. The Balaban J connectivity index is 1.24. The second kappa shape index (κ2) is 10.5. The number of amides is 1. The predicted molar refractivity (Wildman–Crippen MR) is 131 cm³/mol. The van der Waals surface area contributed by atoms with E-state index < -0.39 is 10.0 Å². The number of thiophene rings is 1. The molecule has 2 aromatic rings. The van der Waals surface area contributed by atoms with Crippen molar-refractivity contribution in [2.24, 2.45) is 5.92 Å². The van der Waals surface area contributed by atoms with Gasteiger partial charge in [0, 0.05) is 38.4 Å². The van der Waals surface area contributed by atoms with Gasteiger partial charge in [-0.1, -0.05) is 18.2 Å². The average Bonchev–Trinajstić information content (AvgIpc) is 3.31. The lowest BCUT2D eigenvalue weighted by Crippen LogP contribution is -2.48. The average molecular weight is 492 g/mol. The molecule has 1 N–H and O–H groups in total. The molecule has 0 bridgehead atoms. The van der Waals surface area contributed by atoms with Crippen molar-refractivity contribution >= 4 is 33.0 Å². The molecule has 180 valence electrons. The van der Waals surface area contributed by atoms with Crippen molar-refractivity contribution in [1.29, 1.82) is 0 Å². The fourth-order valence-electron chi connectivity index (χ4n) is 4.76. The molecule has 4 rings (SSSR count). The lowest BCUT2D eigenvalue weighted by atomic mass is 9.95. The number of rotatable bonds is 7. The number of benzene rings is 1. The normalized spacial score (nSPS) is 22.9. The summed E-state index contributed by atoms with van der Waals surface area (Å²) in [5.74, 6) is 0.760. The molecule has 2 fully saturated rings. The summed E-state index contributed by atoms with van der Waals surface area (Å²) < 4.78 is 33.4. The highest BCUT2D eigenvalue weighted by Crippen LogP contribution is 2.23. The molecule has 2 aliphatic heterocycles. The minimum Gasteiger partial charge on any atom is -0.373 e. The number of piperidine rings is 1. The molecule has 9 heteroatoms. The van der Waals surface area contributed by atoms with Gasteiger partial charge in [0.2, 0.25) is 5.91 Å². The van der Waals surface area contributed by atoms with E-state index in [9.17, 15) is 13.2 Å². The molecule has 2 aliphatic rings. The molecule has 0 radical (unpaired) electrons. The summed E-state index contributed by atoms with van der Waals surface area (Å²) in [5.41, 5.74) is 1.38. The van der Waals surface area contributed by atoms with Gasteiger partial charge in [0.15, 0.2) is 0 Å². The van der Waals surface area contributed by atoms with E-state index in [2.05, 4.69) is 23.5 Å². The van der Waals surface area contributed by atoms with E-state index >= 15 is 0 Å². The first-order valence-electron chi connectivity index (χ1n) is 11.6. The van der Waals surface area contributed by atoms with Crippen LogP contribution in [-0.4, -0.2) is 69.1 Å². The number of hydrogen-bond acceptors (Lipinski definition) is 6. The quantitative estimate of drug-likeness (QED) is 0.642. The Morgan fingerprint density at radius 3 is 2.36 bits per heavy atom. The van der Waals surface area contributed by atoms with Gasteiger partial charge in [-0.15, -0.1) is 11.3 Å². The van der Waals surface area contributed by atoms with Crippen LogP contribution in [0.3, 0.4) is 0 Å². The maximum Gasteiger partial charge on any atom is 0.271 e. The van der Waals surface area contributed by atoms with Crippen molar-refractivity contribution < 1.29 is 17.9 Å². The van der Waals surface area contributed by atoms with E-state index in [-0.39, 0.29) is 22.3 Å². The van der Waals surface area contributed by atoms with Crippen LogP contribution in [0, 0.1) is 5.92 Å². The number of ether oxygens (including phenoxy) is 1. The van der Waals surface area contributed by atoms with Gasteiger partial charge in [0.1, 0.15) is 4.21 Å². The SMILES string of the molecule is CC1CN(CC2CCN(C(=O)Cc3ccc(NS(=O)(=O)c4cccs4)cc3)CC2)CC(C)O1. The van der Waals surface area contributed by atoms with E-state index in [1.807, 2.05) is 17.0 Å². The summed E-state index contributed by atoms with van der Waals surface area (Å²) in [7, 11) is -3.56. The van der Waals surface area contributed by atoms with E-state index in [0.29, 0.717) is 18.0 Å². The molecule has 1 aromatic carbocycles. The zero-order valence-corrected chi connectivity index (χ0v) is 20.9. The number of hydrogen-bond donors (Lipinski definition) is 1. The molecule has 1 aromatic heterocycles. The van der Waals surface area contributed by atoms with Crippen LogP contribution in [0.4, 0.5) is 5.69 Å². The maximum absolute atomic E-state index is 12.8. The number of likely N-dealkylation sites (tertiary alicyclic amines) is 1. The van der Waals surface area contributed by atoms with E-state index in [4.69, 9.17) is 4.74 Å². The predicted octanol–water partition coefficient (Wildman–Crippen LogP) is 3.44. The molecule has 2 atom stereocenters. The monoisotopic (exact) mass is 491 g/mol. The second-order valence-corrected chi connectivity index (χ2v) is 12.1. The third-order valence-electron chi connectivity index (χ3n) is 6.30. The Kier molecular flexibility index (Phi) is 7.73. The standard InChI is InChI=1S/C24H33N3O4S2/c1-18-15-26(16-19(2)31-18)17-21-9-11-27(12-10-21)23(28)14-20-5-7-22(8-6-20)25-33(29,30)24-4-3-13-32-24/h3-8,13,18-19,21,25H,9-12,14-17H2,1-2H3. The molecule has 33 heavy (non-hydrogen) atoms. The van der Waals surface area contributed by atoms with Crippen LogP contribution in [0.2, 0.25) is 0 Å². The van der Waals surface area contributed by atoms with Gasteiger partial charge in [0.25, 0.3) is 10.0 Å². The largest absolute Gasteiger partial charge is 0.373 e. The fourth-order valence-corrected chi connectivity index (χ4v) is 6.81. The molecule has 0 aliphatic carbocycles. The number of carbonyl (C=O) groups excluding carboxylic acids is 1. The minimum atomic E-state index is -3.56. The summed E-state index contributed by atoms with van der Waals surface area (Å²) in [6.45, 7) is 8.94. The third kappa shape index (κ3) is 6.56. The zero-order valence-electron chi connectivity index (χ0n) is 19.3. The Morgan fingerprint density at radius 1 is 1.09 bits per heavy atom. The smallest absolute Gasteiger partial charge is 0.271 e. The Bertz CT molecular complexity index is 1010. The minimum absolute atomic E-state index is 0.133. The van der Waals surface area contributed by atoms with Crippen LogP contribution in [0.5, 0.6) is 0 Å². The van der Waals surface area contributed by atoms with Crippen molar-refractivity contribution in [2.45, 2.75) is 49.5 Å². The molecule has 2 unspecified atom stereocenters. The second-order valence-electron chi connectivity index (χ2n) is 9.21. The topological polar surface area (TPSA) is 79.0 Å². The third-order valence-corrected chi connectivity index (χ3v) is 9.08.